The Labute approximate surface area is 206 Å². The first-order chi connectivity index (χ1) is 16.7. The van der Waals surface area contributed by atoms with Crippen molar-refractivity contribution in [3.8, 4) is 23.3 Å². The summed E-state index contributed by atoms with van der Waals surface area (Å²) in [4.78, 5) is 33.5. The van der Waals surface area contributed by atoms with E-state index < -0.39 is 27.1 Å². The number of halogens is 1. The van der Waals surface area contributed by atoms with E-state index >= 15 is 0 Å². The topological polar surface area (TPSA) is 158 Å². The third-order valence-corrected chi connectivity index (χ3v) is 5.05. The summed E-state index contributed by atoms with van der Waals surface area (Å²) in [6.07, 6.45) is 1.26. The monoisotopic (exact) mass is 538 g/mol. The number of nitriles is 1. The average Bonchev–Trinajstić information content (AvgIpc) is 2.84. The maximum atomic E-state index is 12.7. The molecule has 3 aromatic rings. The molecule has 0 fully saturated rings. The van der Waals surface area contributed by atoms with Crippen molar-refractivity contribution in [2.24, 2.45) is 0 Å². The zero-order valence-electron chi connectivity index (χ0n) is 17.9. The van der Waals surface area contributed by atoms with Crippen molar-refractivity contribution in [3.63, 3.8) is 0 Å². The summed E-state index contributed by atoms with van der Waals surface area (Å²) in [5.41, 5.74) is -0.656. The minimum Gasteiger partial charge on any atom is -0.497 e. The molecule has 0 atom stereocenters. The van der Waals surface area contributed by atoms with E-state index in [2.05, 4.69) is 21.2 Å². The van der Waals surface area contributed by atoms with Crippen molar-refractivity contribution in [2.45, 2.75) is 0 Å². The van der Waals surface area contributed by atoms with E-state index in [-0.39, 0.29) is 22.6 Å². The van der Waals surface area contributed by atoms with Crippen molar-refractivity contribution < 1.29 is 24.1 Å². The third-order valence-electron chi connectivity index (χ3n) is 4.55. The third kappa shape index (κ3) is 6.18. The maximum absolute atomic E-state index is 12.7. The average molecular weight is 539 g/mol. The Morgan fingerprint density at radius 3 is 2.31 bits per heavy atom. The number of ether oxygens (including phenoxy) is 2. The van der Waals surface area contributed by atoms with Crippen LogP contribution >= 0.6 is 15.9 Å². The van der Waals surface area contributed by atoms with Crippen LogP contribution in [0.1, 0.15) is 5.56 Å². The normalized spacial score (nSPS) is 10.7. The molecule has 3 rings (SSSR count). The van der Waals surface area contributed by atoms with Crippen molar-refractivity contribution in [2.75, 3.05) is 12.4 Å². The SMILES string of the molecule is COc1ccc(NC(=O)/C(C#N)=C/c2cc(Br)ccc2Oc2ccc([N+](=O)[O-])cc2[N+](=O)[O-])cc1. The Morgan fingerprint density at radius 2 is 1.71 bits per heavy atom. The van der Waals surface area contributed by atoms with Gasteiger partial charge in [-0.1, -0.05) is 15.9 Å². The first-order valence-corrected chi connectivity index (χ1v) is 10.5. The Bertz CT molecular complexity index is 1380. The van der Waals surface area contributed by atoms with Crippen LogP contribution in [-0.2, 0) is 4.79 Å². The lowest BCUT2D eigenvalue weighted by Crippen LogP contribution is -2.13. The number of nitro groups is 2. The van der Waals surface area contributed by atoms with Gasteiger partial charge < -0.3 is 14.8 Å². The number of carbonyl (C=O) groups is 1. The number of carbonyl (C=O) groups excluding carboxylic acids is 1. The van der Waals surface area contributed by atoms with E-state index in [9.17, 15) is 30.3 Å². The number of nitrogens with zero attached hydrogens (tertiary/aromatic N) is 3. The fourth-order valence-corrected chi connectivity index (χ4v) is 3.25. The van der Waals surface area contributed by atoms with E-state index in [4.69, 9.17) is 9.47 Å². The van der Waals surface area contributed by atoms with Crippen molar-refractivity contribution in [1.82, 2.24) is 0 Å². The number of nitrogens with one attached hydrogen (secondary N) is 1. The lowest BCUT2D eigenvalue weighted by atomic mass is 10.1. The van der Waals surface area contributed by atoms with Gasteiger partial charge in [-0.05, 0) is 54.6 Å². The van der Waals surface area contributed by atoms with Gasteiger partial charge in [-0.2, -0.15) is 5.26 Å². The highest BCUT2D eigenvalue weighted by Gasteiger charge is 2.22. The van der Waals surface area contributed by atoms with Crippen LogP contribution in [0, 0.1) is 31.6 Å². The Morgan fingerprint density at radius 1 is 1.03 bits per heavy atom. The minimum atomic E-state index is -0.806. The largest absolute Gasteiger partial charge is 0.497 e. The Balaban J connectivity index is 1.95. The molecule has 0 aliphatic carbocycles. The van der Waals surface area contributed by atoms with Crippen LogP contribution in [-0.4, -0.2) is 22.9 Å². The lowest BCUT2D eigenvalue weighted by molar-refractivity contribution is -0.394. The summed E-state index contributed by atoms with van der Waals surface area (Å²) >= 11 is 3.30. The smallest absolute Gasteiger partial charge is 0.318 e. The molecule has 0 radical (unpaired) electrons. The number of methoxy groups -OCH3 is 1. The highest BCUT2D eigenvalue weighted by atomic mass is 79.9. The molecule has 11 nitrogen and oxygen atoms in total. The van der Waals surface area contributed by atoms with Crippen LogP contribution in [0.2, 0.25) is 0 Å². The molecule has 0 aliphatic rings. The summed E-state index contributed by atoms with van der Waals surface area (Å²) in [7, 11) is 1.51. The van der Waals surface area contributed by atoms with Crippen LogP contribution < -0.4 is 14.8 Å². The standard InChI is InChI=1S/C23H15BrN4O7/c1-34-19-6-3-17(4-7-19)26-23(29)15(13-25)10-14-11-16(24)2-8-21(14)35-22-9-5-18(27(30)31)12-20(22)28(32)33/h2-12H,1H3,(H,26,29)/b15-10+. The van der Waals surface area contributed by atoms with Crippen LogP contribution in [0.5, 0.6) is 17.2 Å². The molecule has 0 aromatic heterocycles. The minimum absolute atomic E-state index is 0.0788. The molecular formula is C23H15BrN4O7. The van der Waals surface area contributed by atoms with Crippen molar-refractivity contribution >= 4 is 45.0 Å². The van der Waals surface area contributed by atoms with Crippen LogP contribution in [0.15, 0.2) is 70.7 Å². The van der Waals surface area contributed by atoms with Gasteiger partial charge in [0.1, 0.15) is 23.1 Å². The fourth-order valence-electron chi connectivity index (χ4n) is 2.87. The molecule has 0 saturated carbocycles. The highest BCUT2D eigenvalue weighted by molar-refractivity contribution is 9.10. The number of amides is 1. The molecular weight excluding hydrogens is 524 g/mol. The van der Waals surface area contributed by atoms with Gasteiger partial charge in [0.15, 0.2) is 0 Å². The van der Waals surface area contributed by atoms with E-state index in [0.29, 0.717) is 15.9 Å². The van der Waals surface area contributed by atoms with Gasteiger partial charge in [-0.15, -0.1) is 0 Å². The zero-order valence-corrected chi connectivity index (χ0v) is 19.5. The molecule has 0 saturated heterocycles. The molecule has 0 spiro atoms. The first-order valence-electron chi connectivity index (χ1n) is 9.69. The van der Waals surface area contributed by atoms with Crippen molar-refractivity contribution in [1.29, 1.82) is 5.26 Å². The number of nitro benzene ring substituents is 2. The van der Waals surface area contributed by atoms with Gasteiger partial charge in [0.2, 0.25) is 5.75 Å². The summed E-state index contributed by atoms with van der Waals surface area (Å²) in [6, 6.07) is 15.9. The van der Waals surface area contributed by atoms with Crippen LogP contribution in [0.25, 0.3) is 6.08 Å². The van der Waals surface area contributed by atoms with Gasteiger partial charge >= 0.3 is 5.69 Å². The van der Waals surface area contributed by atoms with Crippen LogP contribution in [0.4, 0.5) is 17.1 Å². The fraction of sp³-hybridized carbons (Fsp3) is 0.0435. The predicted molar refractivity (Wildman–Crippen MR) is 129 cm³/mol. The second-order valence-corrected chi connectivity index (χ2v) is 7.72. The molecule has 0 unspecified atom stereocenters. The first kappa shape index (κ1) is 24.9. The number of hydrogen-bond acceptors (Lipinski definition) is 8. The Hall–Kier alpha value is -4.76. The second-order valence-electron chi connectivity index (χ2n) is 6.80. The lowest BCUT2D eigenvalue weighted by Gasteiger charge is -2.11. The van der Waals surface area contributed by atoms with E-state index in [0.717, 1.165) is 18.2 Å². The molecule has 0 heterocycles. The number of anilines is 1. The van der Waals surface area contributed by atoms with Gasteiger partial charge in [0.05, 0.1) is 23.0 Å². The number of hydrogen-bond donors (Lipinski definition) is 1. The quantitative estimate of drug-likeness (QED) is 0.167. The number of benzene rings is 3. The second kappa shape index (κ2) is 10.9. The number of rotatable bonds is 8. The van der Waals surface area contributed by atoms with Crippen molar-refractivity contribution in [3.05, 3.63) is 96.5 Å². The van der Waals surface area contributed by atoms with Crippen LogP contribution in [0.3, 0.4) is 0 Å². The molecule has 1 amide bonds. The van der Waals surface area contributed by atoms with Gasteiger partial charge in [-0.25, -0.2) is 0 Å². The maximum Gasteiger partial charge on any atom is 0.318 e. The molecule has 3 aromatic carbocycles. The molecule has 0 bridgehead atoms. The Kier molecular flexibility index (Phi) is 7.75. The van der Waals surface area contributed by atoms with Gasteiger partial charge in [0, 0.05) is 21.8 Å². The summed E-state index contributed by atoms with van der Waals surface area (Å²) in [5, 5.41) is 34.6. The summed E-state index contributed by atoms with van der Waals surface area (Å²) < 4.78 is 11.3. The highest BCUT2D eigenvalue weighted by Crippen LogP contribution is 2.37. The molecule has 0 aliphatic heterocycles. The number of non-ortho nitro benzene ring substituents is 1. The van der Waals surface area contributed by atoms with Gasteiger partial charge in [0.25, 0.3) is 11.6 Å². The molecule has 35 heavy (non-hydrogen) atoms. The zero-order chi connectivity index (χ0) is 25.5. The molecule has 1 N–H and O–H groups in total. The van der Waals surface area contributed by atoms with E-state index in [1.807, 2.05) is 6.07 Å². The predicted octanol–water partition coefficient (Wildman–Crippen LogP) is 5.61. The van der Waals surface area contributed by atoms with E-state index in [1.165, 1.54) is 19.3 Å². The molecule has 176 valence electrons. The summed E-state index contributed by atoms with van der Waals surface area (Å²) in [5.74, 6) is -0.269. The van der Waals surface area contributed by atoms with E-state index in [1.54, 1.807) is 36.4 Å². The summed E-state index contributed by atoms with van der Waals surface area (Å²) in [6.45, 7) is 0. The molecule has 12 heteroatoms. The van der Waals surface area contributed by atoms with Gasteiger partial charge in [-0.3, -0.25) is 25.0 Å².